The summed E-state index contributed by atoms with van der Waals surface area (Å²) in [4.78, 5) is 51.0. The van der Waals surface area contributed by atoms with E-state index in [1.54, 1.807) is 0 Å². The van der Waals surface area contributed by atoms with E-state index >= 15 is 0 Å². The van der Waals surface area contributed by atoms with Gasteiger partial charge in [-0.3, -0.25) is 14.4 Å². The maximum Gasteiger partial charge on any atom is 0.335 e. The summed E-state index contributed by atoms with van der Waals surface area (Å²) in [5.74, 6) is -3.23. The Morgan fingerprint density at radius 1 is 0.453 bits per heavy atom. The number of carbonyl (C=O) groups excluding carboxylic acids is 3. The maximum absolute atomic E-state index is 13.1. The molecule has 0 aliphatic carbocycles. The standard InChI is InChI=1S/C63H100O12/c1-4-7-10-13-16-19-21-23-25-27-28-30-31-33-35-38-40-43-46-49-55(64)71-52-54(73-56(65)50-47-44-42-39-36-34-32-29-26-24-22-20-17-14-11-8-5-2)53-72-63-61(59(68)58(67)60(75-63)62(69)70)74-57(66)51-48-45-41-37-18-15-12-9-6-3/h7-8,10-11,16-17,19-20,23-26,28,30,32,34,39,42,54,58-61,63,67-68H,4-6,9,12-15,18,21-22,27,29,31,33,35-38,40-41,43-53H2,1-3H3,(H,69,70)/b10-7-,11-8-,19-16-,20-17-,25-23-,26-24-,30-28-,34-32-,42-39-. The van der Waals surface area contributed by atoms with E-state index in [9.17, 15) is 34.5 Å². The smallest absolute Gasteiger partial charge is 0.335 e. The molecule has 1 heterocycles. The van der Waals surface area contributed by atoms with Crippen molar-refractivity contribution in [2.24, 2.45) is 0 Å². The Labute approximate surface area is 453 Å². The van der Waals surface area contributed by atoms with Crippen molar-refractivity contribution in [1.29, 1.82) is 0 Å². The second kappa shape index (κ2) is 50.2. The third-order valence-corrected chi connectivity index (χ3v) is 12.3. The van der Waals surface area contributed by atoms with Crippen molar-refractivity contribution in [2.45, 2.75) is 250 Å². The van der Waals surface area contributed by atoms with Gasteiger partial charge >= 0.3 is 23.9 Å². The van der Waals surface area contributed by atoms with Crippen LogP contribution in [-0.4, -0.2) is 89.2 Å². The van der Waals surface area contributed by atoms with Crippen LogP contribution in [0.2, 0.25) is 0 Å². The van der Waals surface area contributed by atoms with Gasteiger partial charge in [0.1, 0.15) is 18.8 Å². The first-order valence-electron chi connectivity index (χ1n) is 28.9. The minimum absolute atomic E-state index is 0.0483. The van der Waals surface area contributed by atoms with Gasteiger partial charge in [0.2, 0.25) is 0 Å². The number of hydrogen-bond acceptors (Lipinski definition) is 11. The van der Waals surface area contributed by atoms with Gasteiger partial charge in [-0.25, -0.2) is 4.79 Å². The van der Waals surface area contributed by atoms with Gasteiger partial charge in [-0.15, -0.1) is 0 Å². The summed E-state index contributed by atoms with van der Waals surface area (Å²) in [5.41, 5.74) is 0. The van der Waals surface area contributed by atoms with Crippen LogP contribution in [0.25, 0.3) is 0 Å². The molecule has 0 radical (unpaired) electrons. The molecule has 1 aliphatic heterocycles. The average molecular weight is 1050 g/mol. The van der Waals surface area contributed by atoms with E-state index in [-0.39, 0.29) is 25.9 Å². The lowest BCUT2D eigenvalue weighted by Gasteiger charge is -2.40. The summed E-state index contributed by atoms with van der Waals surface area (Å²) < 4.78 is 28.3. The number of aliphatic carboxylic acids is 1. The van der Waals surface area contributed by atoms with Crippen LogP contribution in [-0.2, 0) is 42.9 Å². The van der Waals surface area contributed by atoms with Crippen molar-refractivity contribution in [1.82, 2.24) is 0 Å². The molecule has 6 atom stereocenters. The van der Waals surface area contributed by atoms with E-state index < -0.39 is 67.3 Å². The number of carbonyl (C=O) groups is 4. The Balaban J connectivity index is 2.73. The molecule has 6 unspecified atom stereocenters. The highest BCUT2D eigenvalue weighted by molar-refractivity contribution is 5.74. The van der Waals surface area contributed by atoms with E-state index in [0.717, 1.165) is 122 Å². The number of esters is 3. The fraction of sp³-hybridized carbons (Fsp3) is 0.651. The summed E-state index contributed by atoms with van der Waals surface area (Å²) >= 11 is 0. The molecule has 0 aromatic carbocycles. The molecule has 3 N–H and O–H groups in total. The van der Waals surface area contributed by atoms with Crippen LogP contribution in [0.1, 0.15) is 213 Å². The van der Waals surface area contributed by atoms with Gasteiger partial charge in [0.15, 0.2) is 24.6 Å². The minimum Gasteiger partial charge on any atom is -0.479 e. The Morgan fingerprint density at radius 2 is 0.853 bits per heavy atom. The summed E-state index contributed by atoms with van der Waals surface area (Å²) in [6.07, 6.45) is 55.1. The summed E-state index contributed by atoms with van der Waals surface area (Å²) in [5, 5.41) is 31.4. The predicted molar refractivity (Wildman–Crippen MR) is 303 cm³/mol. The lowest BCUT2D eigenvalue weighted by atomic mass is 9.98. The molecule has 0 aromatic rings. The number of carboxylic acids is 1. The first-order chi connectivity index (χ1) is 36.6. The molecule has 1 fully saturated rings. The number of aliphatic hydroxyl groups excluding tert-OH is 2. The van der Waals surface area contributed by atoms with Crippen LogP contribution >= 0.6 is 0 Å². The maximum atomic E-state index is 13.1. The van der Waals surface area contributed by atoms with Gasteiger partial charge in [0.05, 0.1) is 6.61 Å². The van der Waals surface area contributed by atoms with Crippen molar-refractivity contribution in [3.63, 3.8) is 0 Å². The van der Waals surface area contributed by atoms with Crippen LogP contribution in [0.3, 0.4) is 0 Å². The van der Waals surface area contributed by atoms with Crippen molar-refractivity contribution in [3.8, 4) is 0 Å². The van der Waals surface area contributed by atoms with E-state index in [1.165, 1.54) is 25.7 Å². The molecule has 12 nitrogen and oxygen atoms in total. The second-order valence-electron chi connectivity index (χ2n) is 19.2. The SMILES string of the molecule is CC/C=C\C/C=C\C/C=C\C/C=C\C/C=C\CCCC(=O)OC(COC(=O)CCCCCCCC/C=C\C/C=C\C/C=C\C/C=C\CC)COC1OC(C(=O)O)C(O)C(O)C1OC(=O)CCCCCCCCCCC. The van der Waals surface area contributed by atoms with Crippen LogP contribution in [0.15, 0.2) is 109 Å². The predicted octanol–water partition coefficient (Wildman–Crippen LogP) is 14.7. The first-order valence-corrected chi connectivity index (χ1v) is 28.9. The molecule has 0 bridgehead atoms. The van der Waals surface area contributed by atoms with Gasteiger partial charge in [-0.2, -0.15) is 0 Å². The fourth-order valence-electron chi connectivity index (χ4n) is 7.98. The van der Waals surface area contributed by atoms with Crippen molar-refractivity contribution in [2.75, 3.05) is 13.2 Å². The average Bonchev–Trinajstić information content (AvgIpc) is 3.39. The van der Waals surface area contributed by atoms with Gasteiger partial charge in [-0.05, 0) is 96.3 Å². The van der Waals surface area contributed by atoms with Crippen molar-refractivity contribution < 1.29 is 58.2 Å². The van der Waals surface area contributed by atoms with Gasteiger partial charge in [-0.1, -0.05) is 207 Å². The zero-order valence-corrected chi connectivity index (χ0v) is 46.5. The Kier molecular flexibility index (Phi) is 45.8. The number of rotatable bonds is 47. The normalized spacial score (nSPS) is 19.0. The van der Waals surface area contributed by atoms with Gasteiger partial charge in [0.25, 0.3) is 0 Å². The Hall–Kier alpha value is -4.62. The molecule has 1 aliphatic rings. The highest BCUT2D eigenvalue weighted by Gasteiger charge is 2.50. The monoisotopic (exact) mass is 1050 g/mol. The molecular weight excluding hydrogens is 949 g/mol. The van der Waals surface area contributed by atoms with Gasteiger partial charge < -0.3 is 39.0 Å². The van der Waals surface area contributed by atoms with Crippen LogP contribution in [0.5, 0.6) is 0 Å². The number of unbranched alkanes of at least 4 members (excludes halogenated alkanes) is 15. The summed E-state index contributed by atoms with van der Waals surface area (Å²) in [6.45, 7) is 5.66. The quantitative estimate of drug-likeness (QED) is 0.0228. The first kappa shape index (κ1) is 68.4. The van der Waals surface area contributed by atoms with E-state index in [0.29, 0.717) is 25.7 Å². The highest BCUT2D eigenvalue weighted by Crippen LogP contribution is 2.26. The van der Waals surface area contributed by atoms with E-state index in [1.807, 2.05) is 12.2 Å². The van der Waals surface area contributed by atoms with E-state index in [2.05, 4.69) is 118 Å². The summed E-state index contributed by atoms with van der Waals surface area (Å²) in [7, 11) is 0. The van der Waals surface area contributed by atoms with Crippen LogP contribution in [0.4, 0.5) is 0 Å². The third-order valence-electron chi connectivity index (χ3n) is 12.3. The van der Waals surface area contributed by atoms with Crippen molar-refractivity contribution >= 4 is 23.9 Å². The molecular formula is C63H100O12. The number of allylic oxidation sites excluding steroid dienone is 18. The number of aliphatic hydroxyl groups is 2. The molecule has 0 spiro atoms. The molecule has 0 amide bonds. The van der Waals surface area contributed by atoms with E-state index in [4.69, 9.17) is 23.7 Å². The largest absolute Gasteiger partial charge is 0.479 e. The number of hydrogen-bond donors (Lipinski definition) is 3. The van der Waals surface area contributed by atoms with Crippen molar-refractivity contribution in [3.05, 3.63) is 109 Å². The Morgan fingerprint density at radius 3 is 1.32 bits per heavy atom. The topological polar surface area (TPSA) is 175 Å². The third kappa shape index (κ3) is 40.3. The molecule has 0 aromatic heterocycles. The zero-order valence-electron chi connectivity index (χ0n) is 46.5. The molecule has 1 saturated heterocycles. The number of carboxylic acid groups (broad SMARTS) is 1. The lowest BCUT2D eigenvalue weighted by Crippen LogP contribution is -2.61. The lowest BCUT2D eigenvalue weighted by molar-refractivity contribution is -0.301. The molecule has 1 rings (SSSR count). The zero-order chi connectivity index (χ0) is 54.7. The number of ether oxygens (including phenoxy) is 5. The van der Waals surface area contributed by atoms with Crippen LogP contribution < -0.4 is 0 Å². The van der Waals surface area contributed by atoms with Crippen LogP contribution in [0, 0.1) is 0 Å². The summed E-state index contributed by atoms with van der Waals surface area (Å²) in [6, 6.07) is 0. The molecule has 75 heavy (non-hydrogen) atoms. The molecule has 0 saturated carbocycles. The molecule has 12 heteroatoms. The molecule has 424 valence electrons. The Bertz CT molecular complexity index is 1720. The highest BCUT2D eigenvalue weighted by atomic mass is 16.7. The fourth-order valence-corrected chi connectivity index (χ4v) is 7.98. The minimum atomic E-state index is -1.92. The second-order valence-corrected chi connectivity index (χ2v) is 19.2. The van der Waals surface area contributed by atoms with Gasteiger partial charge in [0, 0.05) is 19.3 Å².